The van der Waals surface area contributed by atoms with Gasteiger partial charge in [-0.2, -0.15) is 0 Å². The molecule has 8 nitrogen and oxygen atoms in total. The Morgan fingerprint density at radius 2 is 1.91 bits per heavy atom. The molecule has 2 N–H and O–H groups in total. The lowest BCUT2D eigenvalue weighted by atomic mass is 9.91. The lowest BCUT2D eigenvalue weighted by Crippen LogP contribution is -2.67. The van der Waals surface area contributed by atoms with E-state index in [1.54, 1.807) is 4.90 Å². The van der Waals surface area contributed by atoms with E-state index >= 15 is 0 Å². The minimum Gasteiger partial charge on any atom is -0.367 e. The molecule has 0 aromatic carbocycles. The summed E-state index contributed by atoms with van der Waals surface area (Å²) in [5, 5.41) is 6.83. The molecule has 4 fully saturated rings. The second-order valence-corrected chi connectivity index (χ2v) is 10.7. The van der Waals surface area contributed by atoms with Crippen LogP contribution in [0.4, 0.5) is 17.5 Å². The van der Waals surface area contributed by atoms with Crippen LogP contribution in [0.25, 0.3) is 10.2 Å². The first kappa shape index (κ1) is 20.8. The number of pyridine rings is 1. The van der Waals surface area contributed by atoms with Crippen LogP contribution >= 0.6 is 11.3 Å². The zero-order chi connectivity index (χ0) is 22.5. The summed E-state index contributed by atoms with van der Waals surface area (Å²) in [4.78, 5) is 31.8. The third-order valence-electron chi connectivity index (χ3n) is 7.11. The highest BCUT2D eigenvalue weighted by atomic mass is 32.1. The highest BCUT2D eigenvalue weighted by Crippen LogP contribution is 2.43. The van der Waals surface area contributed by atoms with E-state index in [2.05, 4.69) is 31.6 Å². The van der Waals surface area contributed by atoms with Gasteiger partial charge >= 0.3 is 0 Å². The number of piperidine rings is 1. The lowest BCUT2D eigenvalue weighted by Gasteiger charge is -2.49. The predicted molar refractivity (Wildman–Crippen MR) is 132 cm³/mol. The Bertz CT molecular complexity index is 1170. The summed E-state index contributed by atoms with van der Waals surface area (Å²) in [5.74, 6) is 1.69. The van der Waals surface area contributed by atoms with Gasteiger partial charge in [0.2, 0.25) is 5.95 Å². The Balaban J connectivity index is 1.27. The zero-order valence-corrected chi connectivity index (χ0v) is 19.9. The third kappa shape index (κ3) is 3.83. The Labute approximate surface area is 197 Å². The van der Waals surface area contributed by atoms with Gasteiger partial charge in [0, 0.05) is 44.8 Å². The van der Waals surface area contributed by atoms with Gasteiger partial charge in [-0.05, 0) is 37.3 Å². The van der Waals surface area contributed by atoms with Crippen LogP contribution in [0, 0.1) is 0 Å². The number of fused-ring (bicyclic) bond motifs is 3. The predicted octanol–water partition coefficient (Wildman–Crippen LogP) is 3.74. The molecule has 1 saturated carbocycles. The average molecular weight is 464 g/mol. The minimum absolute atomic E-state index is 0.0530. The van der Waals surface area contributed by atoms with Crippen LogP contribution in [0.15, 0.2) is 24.5 Å². The molecule has 1 aliphatic carbocycles. The Hall–Kier alpha value is -2.78. The lowest BCUT2D eigenvalue weighted by molar-refractivity contribution is 0.0831. The van der Waals surface area contributed by atoms with Crippen molar-refractivity contribution >= 4 is 44.9 Å². The largest absolute Gasteiger partial charge is 0.367 e. The van der Waals surface area contributed by atoms with Crippen molar-refractivity contribution in [1.82, 2.24) is 25.2 Å². The standard InChI is InChI=1S/C24H29N7OS/c1-30(2)23(32)22-20(14-5-3-4-6-14)21-18(33-22)11-26-24(29-21)28-19-8-7-17(10-25-19)31-12-15-9-16(13-31)27-15/h7-8,10-11,14-16,27H,3-6,9,12-13H2,1-2H3,(H,25,26,28,29). The molecule has 172 valence electrons. The quantitative estimate of drug-likeness (QED) is 0.596. The smallest absolute Gasteiger partial charge is 0.263 e. The van der Waals surface area contributed by atoms with Gasteiger partial charge in [0.25, 0.3) is 5.91 Å². The van der Waals surface area contributed by atoms with E-state index in [-0.39, 0.29) is 5.91 Å². The van der Waals surface area contributed by atoms with Crippen LogP contribution in [0.2, 0.25) is 0 Å². The average Bonchev–Trinajstić information content (AvgIpc) is 3.46. The topological polar surface area (TPSA) is 86.3 Å². The van der Waals surface area contributed by atoms with Gasteiger partial charge < -0.3 is 20.4 Å². The second kappa shape index (κ2) is 8.22. The zero-order valence-electron chi connectivity index (χ0n) is 19.0. The molecule has 7 rings (SSSR count). The van der Waals surface area contributed by atoms with Crippen LogP contribution in [0.3, 0.4) is 0 Å². The highest BCUT2D eigenvalue weighted by Gasteiger charge is 2.36. The second-order valence-electron chi connectivity index (χ2n) is 9.66. The van der Waals surface area contributed by atoms with Crippen molar-refractivity contribution in [2.24, 2.45) is 0 Å². The van der Waals surface area contributed by atoms with Crippen LogP contribution in [0.1, 0.15) is 53.3 Å². The molecule has 9 heteroatoms. The maximum absolute atomic E-state index is 12.9. The number of aromatic nitrogens is 3. The van der Waals surface area contributed by atoms with Crippen molar-refractivity contribution in [3.63, 3.8) is 0 Å². The summed E-state index contributed by atoms with van der Waals surface area (Å²) < 4.78 is 0.966. The van der Waals surface area contributed by atoms with E-state index in [0.29, 0.717) is 23.9 Å². The van der Waals surface area contributed by atoms with Gasteiger partial charge in [-0.15, -0.1) is 11.3 Å². The summed E-state index contributed by atoms with van der Waals surface area (Å²) in [6.45, 7) is 2.08. The van der Waals surface area contributed by atoms with Crippen LogP contribution in [-0.2, 0) is 0 Å². The van der Waals surface area contributed by atoms with Gasteiger partial charge in [0.15, 0.2) is 0 Å². The van der Waals surface area contributed by atoms with E-state index in [1.807, 2.05) is 32.6 Å². The van der Waals surface area contributed by atoms with Gasteiger partial charge in [-0.1, -0.05) is 12.8 Å². The van der Waals surface area contributed by atoms with Crippen LogP contribution in [-0.4, -0.2) is 65.0 Å². The molecule has 6 heterocycles. The van der Waals surface area contributed by atoms with Crippen molar-refractivity contribution in [3.8, 4) is 0 Å². The van der Waals surface area contributed by atoms with Gasteiger partial charge in [-0.25, -0.2) is 15.0 Å². The SMILES string of the molecule is CN(C)C(=O)c1sc2cnc(Nc3ccc(N4CC5CC(C4)N5)cn3)nc2c1C1CCCC1. The first-order chi connectivity index (χ1) is 16.0. The number of anilines is 3. The molecule has 1 amide bonds. The fourth-order valence-corrected chi connectivity index (χ4v) is 6.63. The molecule has 2 unspecified atom stereocenters. The van der Waals surface area contributed by atoms with E-state index in [1.165, 1.54) is 30.6 Å². The van der Waals surface area contributed by atoms with Crippen LogP contribution < -0.4 is 15.5 Å². The summed E-state index contributed by atoms with van der Waals surface area (Å²) in [6, 6.07) is 5.33. The van der Waals surface area contributed by atoms with Crippen molar-refractivity contribution < 1.29 is 4.79 Å². The molecule has 0 spiro atoms. The minimum atomic E-state index is 0.0530. The summed E-state index contributed by atoms with van der Waals surface area (Å²) in [5.41, 5.74) is 3.17. The first-order valence-corrected chi connectivity index (χ1v) is 12.6. The molecule has 33 heavy (non-hydrogen) atoms. The molecule has 3 aliphatic heterocycles. The van der Waals surface area contributed by atoms with E-state index < -0.39 is 0 Å². The number of hydrogen-bond acceptors (Lipinski definition) is 8. The third-order valence-corrected chi connectivity index (χ3v) is 8.22. The highest BCUT2D eigenvalue weighted by molar-refractivity contribution is 7.21. The Kier molecular flexibility index (Phi) is 5.18. The van der Waals surface area contributed by atoms with E-state index in [0.717, 1.165) is 58.1 Å². The van der Waals surface area contributed by atoms with Crippen molar-refractivity contribution in [2.45, 2.75) is 50.1 Å². The number of nitrogens with one attached hydrogen (secondary N) is 2. The molecular weight excluding hydrogens is 434 g/mol. The van der Waals surface area contributed by atoms with E-state index in [9.17, 15) is 4.79 Å². The maximum atomic E-state index is 12.9. The number of carbonyl (C=O) groups excluding carboxylic acids is 1. The number of rotatable bonds is 5. The van der Waals surface area contributed by atoms with Gasteiger partial charge in [0.05, 0.1) is 33.2 Å². The van der Waals surface area contributed by atoms with Gasteiger partial charge in [0.1, 0.15) is 5.82 Å². The molecule has 3 saturated heterocycles. The molecule has 4 aliphatic rings. The molecule has 0 radical (unpaired) electrons. The number of thiophene rings is 1. The number of hydrogen-bond donors (Lipinski definition) is 2. The summed E-state index contributed by atoms with van der Waals surface area (Å²) >= 11 is 1.51. The summed E-state index contributed by atoms with van der Waals surface area (Å²) in [7, 11) is 3.62. The molecule has 3 aromatic heterocycles. The Morgan fingerprint density at radius 1 is 1.15 bits per heavy atom. The number of piperazine rings is 1. The van der Waals surface area contributed by atoms with Crippen molar-refractivity contribution in [3.05, 3.63) is 35.0 Å². The maximum Gasteiger partial charge on any atom is 0.263 e. The first-order valence-electron chi connectivity index (χ1n) is 11.8. The van der Waals surface area contributed by atoms with Crippen molar-refractivity contribution in [2.75, 3.05) is 37.4 Å². The molecule has 2 atom stereocenters. The molecule has 3 aromatic rings. The fraction of sp³-hybridized carbons (Fsp3) is 0.500. The summed E-state index contributed by atoms with van der Waals surface area (Å²) in [6.07, 6.45) is 9.69. The van der Waals surface area contributed by atoms with Crippen molar-refractivity contribution in [1.29, 1.82) is 0 Å². The monoisotopic (exact) mass is 463 g/mol. The number of carbonyl (C=O) groups is 1. The van der Waals surface area contributed by atoms with Gasteiger partial charge in [-0.3, -0.25) is 4.79 Å². The normalized spacial score (nSPS) is 22.4. The van der Waals surface area contributed by atoms with Crippen LogP contribution in [0.5, 0.6) is 0 Å². The Morgan fingerprint density at radius 3 is 2.58 bits per heavy atom. The fourth-order valence-electron chi connectivity index (χ4n) is 5.41. The molecule has 2 bridgehead atoms. The number of nitrogens with zero attached hydrogens (tertiary/aromatic N) is 5. The molecular formula is C24H29N7OS. The number of amides is 1. The van der Waals surface area contributed by atoms with E-state index in [4.69, 9.17) is 4.98 Å².